The number of rotatable bonds is 4. The fourth-order valence-electron chi connectivity index (χ4n) is 2.26. The Morgan fingerprint density at radius 1 is 0.962 bits per heavy atom. The number of hydrogen-bond acceptors (Lipinski definition) is 2. The third kappa shape index (κ3) is 4.35. The molecule has 3 rings (SSSR count). The smallest absolute Gasteiger partial charge is 0.349 e. The van der Waals surface area contributed by atoms with Crippen LogP contribution >= 0.6 is 11.6 Å². The van der Waals surface area contributed by atoms with E-state index in [-0.39, 0.29) is 28.2 Å². The summed E-state index contributed by atoms with van der Waals surface area (Å²) >= 11 is 5.86. The van der Waals surface area contributed by atoms with Crippen molar-refractivity contribution in [3.63, 3.8) is 0 Å². The summed E-state index contributed by atoms with van der Waals surface area (Å²) in [4.78, 5) is 24.2. The Balaban J connectivity index is 1.72. The van der Waals surface area contributed by atoms with E-state index in [1.165, 1.54) is 24.3 Å². The largest absolute Gasteiger partial charge is 0.416 e. The Morgan fingerprint density at radius 2 is 1.54 bits per heavy atom. The van der Waals surface area contributed by atoms with Gasteiger partial charge < -0.3 is 10.6 Å². The first-order chi connectivity index (χ1) is 12.2. The number of anilines is 1. The summed E-state index contributed by atoms with van der Waals surface area (Å²) < 4.78 is 38.3. The van der Waals surface area contributed by atoms with Crippen LogP contribution in [-0.4, -0.2) is 17.9 Å². The lowest BCUT2D eigenvalue weighted by atomic mass is 10.1. The molecule has 0 unspecified atom stereocenters. The molecule has 0 saturated heterocycles. The number of alkyl halides is 3. The van der Waals surface area contributed by atoms with Crippen LogP contribution in [0.4, 0.5) is 18.9 Å². The average molecular weight is 383 g/mol. The van der Waals surface area contributed by atoms with Crippen molar-refractivity contribution >= 4 is 29.1 Å². The van der Waals surface area contributed by atoms with Gasteiger partial charge >= 0.3 is 6.18 Å². The van der Waals surface area contributed by atoms with Crippen molar-refractivity contribution in [2.24, 2.45) is 0 Å². The van der Waals surface area contributed by atoms with Gasteiger partial charge in [0.15, 0.2) is 0 Å². The van der Waals surface area contributed by atoms with Crippen molar-refractivity contribution in [3.8, 4) is 0 Å². The number of amides is 2. The monoisotopic (exact) mass is 382 g/mol. The molecular weight excluding hydrogens is 369 g/mol. The standard InChI is InChI=1S/C18H14ClF3N2O2/c19-14-8-5-12(18(20,21)22)9-15(14)24-17(26)11-3-1-10(2-4-11)16(25)23-13-6-7-13/h1-5,8-9,13H,6-7H2,(H,23,25)(H,24,26). The molecule has 1 aliphatic rings. The highest BCUT2D eigenvalue weighted by atomic mass is 35.5. The Kier molecular flexibility index (Phi) is 4.91. The Labute approximate surface area is 152 Å². The average Bonchev–Trinajstić information content (AvgIpc) is 3.40. The highest BCUT2D eigenvalue weighted by molar-refractivity contribution is 6.34. The predicted octanol–water partition coefficient (Wildman–Crippen LogP) is 4.50. The lowest BCUT2D eigenvalue weighted by Crippen LogP contribution is -2.25. The Hall–Kier alpha value is -2.54. The van der Waals surface area contributed by atoms with Crippen LogP contribution in [0.3, 0.4) is 0 Å². The second-order valence-corrected chi connectivity index (χ2v) is 6.38. The van der Waals surface area contributed by atoms with Crippen LogP contribution in [0, 0.1) is 0 Å². The molecule has 2 aromatic carbocycles. The van der Waals surface area contributed by atoms with E-state index in [9.17, 15) is 22.8 Å². The molecular formula is C18H14ClF3N2O2. The third-order valence-corrected chi connectivity index (χ3v) is 4.19. The molecule has 8 heteroatoms. The van der Waals surface area contributed by atoms with E-state index >= 15 is 0 Å². The van der Waals surface area contributed by atoms with E-state index in [0.29, 0.717) is 5.56 Å². The van der Waals surface area contributed by atoms with E-state index in [2.05, 4.69) is 10.6 Å². The van der Waals surface area contributed by atoms with E-state index < -0.39 is 17.6 Å². The van der Waals surface area contributed by atoms with Crippen molar-refractivity contribution in [2.75, 3.05) is 5.32 Å². The molecule has 0 bridgehead atoms. The summed E-state index contributed by atoms with van der Waals surface area (Å²) in [6, 6.07) is 8.74. The van der Waals surface area contributed by atoms with E-state index in [0.717, 1.165) is 31.0 Å². The third-order valence-electron chi connectivity index (χ3n) is 3.86. The number of carbonyl (C=O) groups excluding carboxylic acids is 2. The molecule has 1 aliphatic carbocycles. The van der Waals surface area contributed by atoms with Gasteiger partial charge in [-0.05, 0) is 55.3 Å². The summed E-state index contributed by atoms with van der Waals surface area (Å²) in [5.41, 5.74) is -0.446. The SMILES string of the molecule is O=C(Nc1cc(C(F)(F)F)ccc1Cl)c1ccc(C(=O)NC2CC2)cc1. The highest BCUT2D eigenvalue weighted by Gasteiger charge is 2.31. The van der Waals surface area contributed by atoms with Gasteiger partial charge in [-0.15, -0.1) is 0 Å². The quantitative estimate of drug-likeness (QED) is 0.817. The molecule has 1 fully saturated rings. The number of nitrogens with one attached hydrogen (secondary N) is 2. The molecule has 2 N–H and O–H groups in total. The fourth-order valence-corrected chi connectivity index (χ4v) is 2.43. The van der Waals surface area contributed by atoms with Crippen LogP contribution in [0.5, 0.6) is 0 Å². The molecule has 26 heavy (non-hydrogen) atoms. The summed E-state index contributed by atoms with van der Waals surface area (Å²) in [7, 11) is 0. The second-order valence-electron chi connectivity index (χ2n) is 5.97. The first-order valence-electron chi connectivity index (χ1n) is 7.83. The van der Waals surface area contributed by atoms with Crippen molar-refractivity contribution in [3.05, 3.63) is 64.2 Å². The topological polar surface area (TPSA) is 58.2 Å². The van der Waals surface area contributed by atoms with Crippen LogP contribution < -0.4 is 10.6 Å². The van der Waals surface area contributed by atoms with Gasteiger partial charge in [-0.2, -0.15) is 13.2 Å². The zero-order valence-electron chi connectivity index (χ0n) is 13.4. The molecule has 0 heterocycles. The van der Waals surface area contributed by atoms with Gasteiger partial charge in [0.05, 0.1) is 16.3 Å². The van der Waals surface area contributed by atoms with Crippen LogP contribution in [0.2, 0.25) is 5.02 Å². The fraction of sp³-hybridized carbons (Fsp3) is 0.222. The van der Waals surface area contributed by atoms with Crippen molar-refractivity contribution in [1.29, 1.82) is 0 Å². The van der Waals surface area contributed by atoms with Gasteiger partial charge in [0.1, 0.15) is 0 Å². The lowest BCUT2D eigenvalue weighted by Gasteiger charge is -2.12. The van der Waals surface area contributed by atoms with Crippen LogP contribution in [0.15, 0.2) is 42.5 Å². The Bertz CT molecular complexity index is 847. The number of hydrogen-bond donors (Lipinski definition) is 2. The molecule has 0 atom stereocenters. The van der Waals surface area contributed by atoms with Crippen molar-refractivity contribution in [1.82, 2.24) is 5.32 Å². The van der Waals surface area contributed by atoms with E-state index in [1.807, 2.05) is 0 Å². The maximum Gasteiger partial charge on any atom is 0.416 e. The molecule has 0 radical (unpaired) electrons. The van der Waals surface area contributed by atoms with Gasteiger partial charge in [0.2, 0.25) is 0 Å². The lowest BCUT2D eigenvalue weighted by molar-refractivity contribution is -0.137. The van der Waals surface area contributed by atoms with Gasteiger partial charge in [0.25, 0.3) is 11.8 Å². The molecule has 2 amide bonds. The number of halogens is 4. The van der Waals surface area contributed by atoms with Gasteiger partial charge in [-0.25, -0.2) is 0 Å². The molecule has 1 saturated carbocycles. The summed E-state index contributed by atoms with van der Waals surface area (Å²) in [6.45, 7) is 0. The van der Waals surface area contributed by atoms with Gasteiger partial charge in [0, 0.05) is 17.2 Å². The summed E-state index contributed by atoms with van der Waals surface area (Å²) in [5.74, 6) is -0.847. The minimum atomic E-state index is -4.54. The van der Waals surface area contributed by atoms with E-state index in [1.54, 1.807) is 0 Å². The second kappa shape index (κ2) is 6.99. The molecule has 2 aromatic rings. The Morgan fingerprint density at radius 3 is 2.08 bits per heavy atom. The first-order valence-corrected chi connectivity index (χ1v) is 8.21. The molecule has 0 aromatic heterocycles. The van der Waals surface area contributed by atoms with Crippen LogP contribution in [0.1, 0.15) is 39.1 Å². The minimum Gasteiger partial charge on any atom is -0.349 e. The number of carbonyl (C=O) groups is 2. The summed E-state index contributed by atoms with van der Waals surface area (Å²) in [5, 5.41) is 5.17. The zero-order chi connectivity index (χ0) is 18.9. The zero-order valence-corrected chi connectivity index (χ0v) is 14.1. The normalized spacial score (nSPS) is 14.0. The molecule has 136 valence electrons. The molecule has 4 nitrogen and oxygen atoms in total. The summed E-state index contributed by atoms with van der Waals surface area (Å²) in [6.07, 6.45) is -2.62. The van der Waals surface area contributed by atoms with Crippen LogP contribution in [-0.2, 0) is 6.18 Å². The van der Waals surface area contributed by atoms with Gasteiger partial charge in [-0.1, -0.05) is 11.6 Å². The number of benzene rings is 2. The highest BCUT2D eigenvalue weighted by Crippen LogP contribution is 2.34. The maximum atomic E-state index is 12.8. The van der Waals surface area contributed by atoms with Gasteiger partial charge in [-0.3, -0.25) is 9.59 Å². The predicted molar refractivity (Wildman–Crippen MR) is 91.3 cm³/mol. The van der Waals surface area contributed by atoms with Crippen molar-refractivity contribution < 1.29 is 22.8 Å². The minimum absolute atomic E-state index is 0.00761. The molecule has 0 spiro atoms. The van der Waals surface area contributed by atoms with E-state index in [4.69, 9.17) is 11.6 Å². The maximum absolute atomic E-state index is 12.8. The first kappa shape index (κ1) is 18.3. The van der Waals surface area contributed by atoms with Crippen LogP contribution in [0.25, 0.3) is 0 Å². The molecule has 0 aliphatic heterocycles. The van der Waals surface area contributed by atoms with Crippen molar-refractivity contribution in [2.45, 2.75) is 25.1 Å².